The van der Waals surface area contributed by atoms with Gasteiger partial charge in [-0.05, 0) is 74.8 Å². The van der Waals surface area contributed by atoms with Crippen LogP contribution in [0, 0.1) is 0 Å². The minimum absolute atomic E-state index is 0.0759. The Morgan fingerprint density at radius 2 is 1.79 bits per heavy atom. The summed E-state index contributed by atoms with van der Waals surface area (Å²) < 4.78 is 30.5. The summed E-state index contributed by atoms with van der Waals surface area (Å²) in [7, 11) is 1.60. The van der Waals surface area contributed by atoms with E-state index in [1.165, 1.54) is 18.4 Å². The van der Waals surface area contributed by atoms with E-state index in [1.807, 2.05) is 36.4 Å². The van der Waals surface area contributed by atoms with Crippen LogP contribution in [-0.2, 0) is 22.5 Å². The quantitative estimate of drug-likeness (QED) is 0.387. The molecule has 2 aliphatic rings. The molecule has 4 rings (SSSR count). The molecule has 3 unspecified atom stereocenters. The molecule has 10 nitrogen and oxygen atoms in total. The van der Waals surface area contributed by atoms with Gasteiger partial charge < -0.3 is 24.6 Å². The number of carbonyl (C=O) groups is 2. The fourth-order valence-electron chi connectivity index (χ4n) is 4.60. The highest BCUT2D eigenvalue weighted by Gasteiger charge is 2.42. The lowest BCUT2D eigenvalue weighted by atomic mass is 10.0. The van der Waals surface area contributed by atoms with Crippen LogP contribution in [0.1, 0.15) is 62.3 Å². The molecular weight excluding hydrogens is 520 g/mol. The number of benzene rings is 2. The summed E-state index contributed by atoms with van der Waals surface area (Å²) >= 11 is -2.88. The van der Waals surface area contributed by atoms with Crippen molar-refractivity contribution in [2.24, 2.45) is 0 Å². The molecule has 1 aliphatic carbocycles. The third-order valence-electron chi connectivity index (χ3n) is 7.52. The van der Waals surface area contributed by atoms with Crippen molar-refractivity contribution < 1.29 is 28.2 Å². The fraction of sp³-hybridized carbons (Fsp3) is 0.500. The molecule has 2 aromatic rings. The van der Waals surface area contributed by atoms with Gasteiger partial charge in [0, 0.05) is 17.8 Å². The lowest BCUT2D eigenvalue weighted by molar-refractivity contribution is -0.125. The smallest absolute Gasteiger partial charge is 0.336 e. The lowest BCUT2D eigenvalue weighted by Crippen LogP contribution is -2.54. The van der Waals surface area contributed by atoms with Crippen LogP contribution in [0.4, 0.5) is 4.79 Å². The van der Waals surface area contributed by atoms with Gasteiger partial charge in [0.05, 0.1) is 31.3 Å². The first-order valence-corrected chi connectivity index (χ1v) is 14.2. The Hall–Kier alpha value is -2.99. The zero-order valence-corrected chi connectivity index (χ0v) is 23.6. The van der Waals surface area contributed by atoms with Gasteiger partial charge in [-0.1, -0.05) is 36.4 Å². The number of rotatable bonds is 12. The third-order valence-corrected chi connectivity index (χ3v) is 8.19. The zero-order chi connectivity index (χ0) is 28.3. The summed E-state index contributed by atoms with van der Waals surface area (Å²) in [6, 6.07) is 14.2. The number of nitrogens with zero attached hydrogens (tertiary/aromatic N) is 3. The molecule has 11 heteroatoms. The first kappa shape index (κ1) is 29.0. The van der Waals surface area contributed by atoms with Crippen LogP contribution in [0.3, 0.4) is 0 Å². The first-order valence-electron chi connectivity index (χ1n) is 13.2. The van der Waals surface area contributed by atoms with Crippen LogP contribution in [-0.4, -0.2) is 78.5 Å². The molecule has 1 saturated carbocycles. The molecule has 3 amide bonds. The standard InChI is InChI=1S/C28H38N4O6S/c1-19(28(2,3)35)29-26(33)18-32(39(36)37)31-17-25(23-11-9-22(10-12-23)21-7-8-21)30(27(31)34)16-15-20-5-13-24(38-4)14-6-20/h5-6,9-14,19,21,25,35H,7-8,15-18H2,1-4H3,(H,29,33)(H,36,37)/p-1. The minimum Gasteiger partial charge on any atom is -0.758 e. The van der Waals surface area contributed by atoms with Gasteiger partial charge >= 0.3 is 6.03 Å². The second-order valence-corrected chi connectivity index (χ2v) is 11.6. The molecule has 2 fully saturated rings. The number of aliphatic hydroxyl groups is 1. The van der Waals surface area contributed by atoms with E-state index in [0.717, 1.165) is 26.3 Å². The predicted molar refractivity (Wildman–Crippen MR) is 146 cm³/mol. The largest absolute Gasteiger partial charge is 0.758 e. The molecule has 1 aliphatic heterocycles. The van der Waals surface area contributed by atoms with Gasteiger partial charge in [-0.15, -0.1) is 4.41 Å². The number of ether oxygens (including phenoxy) is 1. The predicted octanol–water partition coefficient (Wildman–Crippen LogP) is 2.88. The minimum atomic E-state index is -2.88. The number of urea groups is 1. The van der Waals surface area contributed by atoms with Crippen LogP contribution < -0.4 is 10.1 Å². The van der Waals surface area contributed by atoms with E-state index in [1.54, 1.807) is 32.8 Å². The van der Waals surface area contributed by atoms with Crippen LogP contribution in [0.2, 0.25) is 0 Å². The monoisotopic (exact) mass is 557 g/mol. The van der Waals surface area contributed by atoms with Crippen molar-refractivity contribution in [2.75, 3.05) is 26.7 Å². The molecule has 39 heavy (non-hydrogen) atoms. The molecule has 2 aromatic carbocycles. The van der Waals surface area contributed by atoms with Crippen molar-refractivity contribution >= 4 is 23.2 Å². The molecule has 3 atom stereocenters. The normalized spacial score (nSPS) is 19.4. The molecule has 0 spiro atoms. The number of hydrogen-bond acceptors (Lipinski definition) is 6. The van der Waals surface area contributed by atoms with Crippen molar-refractivity contribution in [1.82, 2.24) is 19.6 Å². The Bertz CT molecular complexity index is 1180. The first-order chi connectivity index (χ1) is 18.5. The summed E-state index contributed by atoms with van der Waals surface area (Å²) in [6.45, 7) is 4.57. The highest BCUT2D eigenvalue weighted by Crippen LogP contribution is 2.41. The summed E-state index contributed by atoms with van der Waals surface area (Å²) in [5.41, 5.74) is 1.98. The number of hydrazine groups is 1. The van der Waals surface area contributed by atoms with Crippen molar-refractivity contribution in [1.29, 1.82) is 0 Å². The zero-order valence-electron chi connectivity index (χ0n) is 22.8. The lowest BCUT2D eigenvalue weighted by Gasteiger charge is -2.33. The van der Waals surface area contributed by atoms with Gasteiger partial charge in [0.1, 0.15) is 12.3 Å². The number of methoxy groups -OCH3 is 1. The Labute approximate surface area is 232 Å². The second-order valence-electron chi connectivity index (χ2n) is 10.8. The number of hydrogen-bond donors (Lipinski definition) is 2. The Morgan fingerprint density at radius 1 is 1.18 bits per heavy atom. The van der Waals surface area contributed by atoms with E-state index in [9.17, 15) is 23.5 Å². The van der Waals surface area contributed by atoms with Gasteiger partial charge in [-0.3, -0.25) is 9.00 Å². The molecule has 212 valence electrons. The number of nitrogens with one attached hydrogen (secondary N) is 1. The average molecular weight is 558 g/mol. The Balaban J connectivity index is 1.54. The van der Waals surface area contributed by atoms with Gasteiger partial charge in [-0.2, -0.15) is 0 Å². The highest BCUT2D eigenvalue weighted by atomic mass is 32.2. The van der Waals surface area contributed by atoms with Crippen molar-refractivity contribution in [2.45, 2.75) is 63.6 Å². The molecule has 1 heterocycles. The van der Waals surface area contributed by atoms with E-state index < -0.39 is 47.4 Å². The Kier molecular flexibility index (Phi) is 8.95. The van der Waals surface area contributed by atoms with E-state index in [0.29, 0.717) is 18.9 Å². The van der Waals surface area contributed by atoms with Crippen LogP contribution in [0.15, 0.2) is 48.5 Å². The van der Waals surface area contributed by atoms with Crippen molar-refractivity contribution in [3.63, 3.8) is 0 Å². The topological polar surface area (TPSA) is 125 Å². The van der Waals surface area contributed by atoms with Crippen LogP contribution >= 0.6 is 0 Å². The fourth-order valence-corrected chi connectivity index (χ4v) is 5.12. The van der Waals surface area contributed by atoms with Crippen LogP contribution in [0.5, 0.6) is 5.75 Å². The van der Waals surface area contributed by atoms with Crippen molar-refractivity contribution in [3.05, 3.63) is 65.2 Å². The molecule has 0 bridgehead atoms. The molecular formula is C28H37N4O6S-. The highest BCUT2D eigenvalue weighted by molar-refractivity contribution is 7.76. The number of amides is 3. The van der Waals surface area contributed by atoms with Gasteiger partial charge in [0.2, 0.25) is 5.91 Å². The molecule has 1 saturated heterocycles. The van der Waals surface area contributed by atoms with Gasteiger partial charge in [-0.25, -0.2) is 9.80 Å². The average Bonchev–Trinajstić information content (AvgIpc) is 3.70. The maximum absolute atomic E-state index is 13.7. The van der Waals surface area contributed by atoms with Crippen molar-refractivity contribution in [3.8, 4) is 5.75 Å². The van der Waals surface area contributed by atoms with Crippen LogP contribution in [0.25, 0.3) is 0 Å². The second kappa shape index (κ2) is 12.0. The van der Waals surface area contributed by atoms with Gasteiger partial charge in [0.25, 0.3) is 0 Å². The summed E-state index contributed by atoms with van der Waals surface area (Å²) in [4.78, 5) is 28.0. The summed E-state index contributed by atoms with van der Waals surface area (Å²) in [5, 5.41) is 13.9. The Morgan fingerprint density at radius 3 is 2.33 bits per heavy atom. The third kappa shape index (κ3) is 7.16. The number of carbonyl (C=O) groups excluding carboxylic acids is 2. The molecule has 2 N–H and O–H groups in total. The van der Waals surface area contributed by atoms with E-state index in [2.05, 4.69) is 17.4 Å². The summed E-state index contributed by atoms with van der Waals surface area (Å²) in [6.07, 6.45) is 2.92. The van der Waals surface area contributed by atoms with Gasteiger partial charge in [0.15, 0.2) is 0 Å². The molecule has 0 aromatic heterocycles. The SMILES string of the molecule is COc1ccc(CCN2C(=O)N(N(CC(=O)NC(C)C(C)(C)O)S(=O)[O-])CC2c2ccc(C3CC3)cc2)cc1. The maximum atomic E-state index is 13.7. The maximum Gasteiger partial charge on any atom is 0.336 e. The summed E-state index contributed by atoms with van der Waals surface area (Å²) in [5.74, 6) is 0.709. The van der Waals surface area contributed by atoms with E-state index in [4.69, 9.17) is 4.74 Å². The molecule has 0 radical (unpaired) electrons. The van der Waals surface area contributed by atoms with E-state index >= 15 is 0 Å². The van der Waals surface area contributed by atoms with E-state index in [-0.39, 0.29) is 6.54 Å².